The first-order chi connectivity index (χ1) is 49.2. The summed E-state index contributed by atoms with van der Waals surface area (Å²) in [5, 5.41) is 31.1. The lowest BCUT2D eigenvalue weighted by Gasteiger charge is -2.53. The fourth-order valence-corrected chi connectivity index (χ4v) is 18.8. The van der Waals surface area contributed by atoms with Crippen molar-refractivity contribution >= 4 is 23.9 Å². The van der Waals surface area contributed by atoms with E-state index in [0.717, 1.165) is 84.7 Å². The standard InChI is InChI=1S/C54H96N2O5.C40H68N2O5/c1-18-23-24-25-26-27-28-29-30-31-32-54(35-40-33-41(48(8,9)10)45(57)42(34-40)49(11,12)13,46(58)60-43-36-50(14,19-2)55-52(16,21-4)38(43)6)47(59)61-44-37-51(15,20-3)56-53(17,22-5)39(44)7;1-18-40(32(44)46-27-22-36(8,9)41(16)37(10,11)23-27,33(45)47-28-24-38(12,13)42(17)39(14,15)25-28)21-26-19-29(34(2,3)4)31(43)30(20-26)35(5,6)7/h33-34,38-39,43-44,55-57H,18-32,35-37H2,1-17H3;19-20,27-28,43H,18,21-25H2,1-17H3. The molecule has 108 heavy (non-hydrogen) atoms. The Balaban J connectivity index is 0.000000400. The zero-order valence-electron chi connectivity index (χ0n) is 75.8. The van der Waals surface area contributed by atoms with Crippen LogP contribution in [-0.4, -0.2) is 127 Å². The topological polar surface area (TPSA) is 176 Å². The van der Waals surface area contributed by atoms with Crippen molar-refractivity contribution in [1.82, 2.24) is 20.4 Å². The molecule has 0 bridgehead atoms. The molecular weight excluding hydrogens is 1350 g/mol. The van der Waals surface area contributed by atoms with E-state index < -0.39 is 34.7 Å². The number of nitrogens with zero attached hydrogens (tertiary/aromatic N) is 2. The van der Waals surface area contributed by atoms with Crippen molar-refractivity contribution in [2.24, 2.45) is 22.7 Å². The fraction of sp³-hybridized carbons (Fsp3) is 0.830. The number of esters is 4. The summed E-state index contributed by atoms with van der Waals surface area (Å²) in [4.78, 5) is 65.6. The molecule has 8 unspecified atom stereocenters. The van der Waals surface area contributed by atoms with Gasteiger partial charge in [-0.05, 0) is 204 Å². The molecule has 14 nitrogen and oxygen atoms in total. The molecule has 4 aliphatic rings. The fourth-order valence-electron chi connectivity index (χ4n) is 18.8. The third-order valence-corrected chi connectivity index (χ3v) is 27.9. The molecule has 4 N–H and O–H groups in total. The average molecular weight is 1510 g/mol. The number of phenols is 2. The summed E-state index contributed by atoms with van der Waals surface area (Å²) in [5.41, 5.74) is -1.35. The van der Waals surface area contributed by atoms with E-state index in [2.05, 4.69) is 249 Å². The first-order valence-electron chi connectivity index (χ1n) is 42.9. The lowest BCUT2D eigenvalue weighted by atomic mass is 9.69. The van der Waals surface area contributed by atoms with Gasteiger partial charge in [-0.2, -0.15) is 0 Å². The molecule has 4 aliphatic heterocycles. The summed E-state index contributed by atoms with van der Waals surface area (Å²) >= 11 is 0. The monoisotopic (exact) mass is 1510 g/mol. The molecule has 14 heteroatoms. The van der Waals surface area contributed by atoms with Gasteiger partial charge in [-0.25, -0.2) is 0 Å². The number of likely N-dealkylation sites (tertiary alicyclic amines) is 2. The van der Waals surface area contributed by atoms with Gasteiger partial charge in [0.05, 0.1) is 0 Å². The second-order valence-corrected chi connectivity index (χ2v) is 42.6. The summed E-state index contributed by atoms with van der Waals surface area (Å²) in [7, 11) is 4.25. The molecule has 2 aromatic rings. The van der Waals surface area contributed by atoms with Gasteiger partial charge in [0.2, 0.25) is 0 Å². The van der Waals surface area contributed by atoms with Gasteiger partial charge in [0.15, 0.2) is 10.8 Å². The smallest absolute Gasteiger partial charge is 0.324 e. The number of ether oxygens (including phenoxy) is 4. The highest BCUT2D eigenvalue weighted by atomic mass is 16.6. The summed E-state index contributed by atoms with van der Waals surface area (Å²) in [6.07, 6.45) is 18.6. The van der Waals surface area contributed by atoms with Crippen LogP contribution in [0.25, 0.3) is 0 Å². The van der Waals surface area contributed by atoms with Crippen LogP contribution in [0, 0.1) is 22.7 Å². The second-order valence-electron chi connectivity index (χ2n) is 42.6. The van der Waals surface area contributed by atoms with Crippen LogP contribution in [0.5, 0.6) is 11.5 Å². The Morgan fingerprint density at radius 2 is 0.676 bits per heavy atom. The molecule has 0 aromatic heterocycles. The second kappa shape index (κ2) is 35.2. The normalized spacial score (nSPS) is 27.2. The number of piperidine rings is 4. The molecule has 620 valence electrons. The highest BCUT2D eigenvalue weighted by Gasteiger charge is 2.58. The summed E-state index contributed by atoms with van der Waals surface area (Å²) in [6.45, 7) is 68.9. The minimum absolute atomic E-state index is 0.0285. The Bertz CT molecular complexity index is 3110. The molecule has 4 saturated heterocycles. The molecule has 0 spiro atoms. The third-order valence-electron chi connectivity index (χ3n) is 27.9. The van der Waals surface area contributed by atoms with Crippen LogP contribution in [0.15, 0.2) is 24.3 Å². The van der Waals surface area contributed by atoms with Gasteiger partial charge in [-0.1, -0.05) is 227 Å². The Morgan fingerprint density at radius 1 is 0.407 bits per heavy atom. The number of aromatic hydroxyl groups is 2. The van der Waals surface area contributed by atoms with Crippen molar-refractivity contribution in [2.45, 2.75) is 466 Å². The Labute approximate surface area is 661 Å². The largest absolute Gasteiger partial charge is 0.507 e. The Kier molecular flexibility index (Phi) is 30.8. The number of phenolic OH excluding ortho intramolecular Hbond substituents is 2. The molecule has 4 fully saturated rings. The van der Waals surface area contributed by atoms with E-state index in [1.54, 1.807) is 0 Å². The quantitative estimate of drug-likeness (QED) is 0.0274. The first-order valence-corrected chi connectivity index (χ1v) is 42.9. The minimum atomic E-state index is -1.58. The van der Waals surface area contributed by atoms with E-state index in [0.29, 0.717) is 44.9 Å². The van der Waals surface area contributed by atoms with Gasteiger partial charge in [-0.3, -0.25) is 29.0 Å². The number of hydrogen-bond acceptors (Lipinski definition) is 14. The summed E-state index contributed by atoms with van der Waals surface area (Å²) in [6, 6.07) is 8.03. The predicted octanol–water partition coefficient (Wildman–Crippen LogP) is 21.9. The number of rotatable bonds is 28. The maximum Gasteiger partial charge on any atom is 0.324 e. The number of nitrogens with one attached hydrogen (secondary N) is 2. The van der Waals surface area contributed by atoms with Crippen molar-refractivity contribution in [1.29, 1.82) is 0 Å². The zero-order chi connectivity index (χ0) is 82.6. The number of carbonyl (C=O) groups is 4. The number of hydrogen-bond donors (Lipinski definition) is 4. The van der Waals surface area contributed by atoms with Crippen molar-refractivity contribution in [3.8, 4) is 11.5 Å². The molecule has 8 atom stereocenters. The highest BCUT2D eigenvalue weighted by molar-refractivity contribution is 6.01. The van der Waals surface area contributed by atoms with Gasteiger partial charge in [0, 0.05) is 94.7 Å². The maximum atomic E-state index is 15.7. The van der Waals surface area contributed by atoms with Crippen molar-refractivity contribution in [2.75, 3.05) is 14.1 Å². The molecular formula is C94H164N4O10. The lowest BCUT2D eigenvalue weighted by molar-refractivity contribution is -0.190. The van der Waals surface area contributed by atoms with Crippen LogP contribution in [0.1, 0.15) is 396 Å². The number of unbranched alkanes of at least 4 members (excludes halogenated alkanes) is 9. The third kappa shape index (κ3) is 22.2. The average Bonchev–Trinajstić information content (AvgIpc) is 0.758. The van der Waals surface area contributed by atoms with E-state index >= 15 is 9.59 Å². The van der Waals surface area contributed by atoms with Gasteiger partial charge in [0.25, 0.3) is 0 Å². The van der Waals surface area contributed by atoms with Crippen LogP contribution >= 0.6 is 0 Å². The molecule has 0 aliphatic carbocycles. The maximum absolute atomic E-state index is 15.7. The molecule has 0 saturated carbocycles. The van der Waals surface area contributed by atoms with Gasteiger partial charge in [-0.15, -0.1) is 0 Å². The number of benzene rings is 2. The molecule has 2 aromatic carbocycles. The van der Waals surface area contributed by atoms with E-state index in [1.165, 1.54) is 38.5 Å². The molecule has 0 radical (unpaired) electrons. The van der Waals surface area contributed by atoms with E-state index in [4.69, 9.17) is 18.9 Å². The summed E-state index contributed by atoms with van der Waals surface area (Å²) < 4.78 is 26.7. The van der Waals surface area contributed by atoms with Gasteiger partial charge in [0.1, 0.15) is 35.9 Å². The van der Waals surface area contributed by atoms with E-state index in [9.17, 15) is 19.8 Å². The van der Waals surface area contributed by atoms with Crippen molar-refractivity contribution in [3.63, 3.8) is 0 Å². The van der Waals surface area contributed by atoms with Gasteiger partial charge < -0.3 is 39.8 Å². The summed E-state index contributed by atoms with van der Waals surface area (Å²) in [5.74, 6) is -1.32. The minimum Gasteiger partial charge on any atom is -0.507 e. The molecule has 0 amide bonds. The van der Waals surface area contributed by atoms with Crippen LogP contribution in [0.3, 0.4) is 0 Å². The van der Waals surface area contributed by atoms with E-state index in [-0.39, 0.29) is 133 Å². The number of carbonyl (C=O) groups excluding carboxylic acids is 4. The molecule has 4 heterocycles. The SMILES string of the molecule is CCC(Cc1cc(C(C)(C)C)c(O)c(C(C)(C)C)c1)(C(=O)OC1CC(C)(C)N(C)C(C)(C)C1)C(=O)OC1CC(C)(C)N(C)C(C)(C)C1.CCCCCCCCCCCCC(Cc1cc(C(C)(C)C)c(O)c(C(C)(C)C)c1)(C(=O)OC1CC(C)(CC)NC(C)(CC)C1C)C(=O)OC1CC(C)(CC)NC(C)(CC)C1C. The lowest BCUT2D eigenvalue weighted by Crippen LogP contribution is -2.67. The van der Waals surface area contributed by atoms with Crippen LogP contribution < -0.4 is 10.6 Å². The predicted molar refractivity (Wildman–Crippen MR) is 448 cm³/mol. The first kappa shape index (κ1) is 94.4. The molecule has 6 rings (SSSR count). The Morgan fingerprint density at radius 3 is 0.935 bits per heavy atom. The van der Waals surface area contributed by atoms with Crippen LogP contribution in [0.2, 0.25) is 0 Å². The van der Waals surface area contributed by atoms with E-state index in [1.807, 2.05) is 31.2 Å². The van der Waals surface area contributed by atoms with Crippen LogP contribution in [0.4, 0.5) is 0 Å². The zero-order valence-corrected chi connectivity index (χ0v) is 75.8. The van der Waals surface area contributed by atoms with Gasteiger partial charge >= 0.3 is 23.9 Å². The van der Waals surface area contributed by atoms with Crippen molar-refractivity contribution in [3.05, 3.63) is 57.6 Å². The van der Waals surface area contributed by atoms with Crippen LogP contribution in [-0.2, 0) is 72.6 Å². The van der Waals surface area contributed by atoms with Crippen molar-refractivity contribution < 1.29 is 48.3 Å². The highest BCUT2D eigenvalue weighted by Crippen LogP contribution is 2.50. The Hall–Kier alpha value is -4.24.